The number of thiophene rings is 1. The highest BCUT2D eigenvalue weighted by Gasteiger charge is 2.15. The molecule has 0 amide bonds. The van der Waals surface area contributed by atoms with Crippen molar-refractivity contribution in [3.63, 3.8) is 0 Å². The van der Waals surface area contributed by atoms with Gasteiger partial charge in [0, 0.05) is 17.6 Å². The molecule has 3 rings (SSSR count). The number of carbonyl (C=O) groups excluding carboxylic acids is 1. The number of rotatable bonds is 3. The fourth-order valence-electron chi connectivity index (χ4n) is 2.03. The van der Waals surface area contributed by atoms with Crippen molar-refractivity contribution in [3.05, 3.63) is 78.0 Å². The summed E-state index contributed by atoms with van der Waals surface area (Å²) >= 11 is 5.82. The molecule has 0 N–H and O–H groups in total. The molecule has 0 aliphatic rings. The van der Waals surface area contributed by atoms with Gasteiger partial charge in [-0.1, -0.05) is 12.1 Å². The van der Waals surface area contributed by atoms with E-state index in [-0.39, 0.29) is 11.6 Å². The zero-order valence-corrected chi connectivity index (χ0v) is 16.3. The highest BCUT2D eigenvalue weighted by atomic mass is 127. The Kier molecular flexibility index (Phi) is 4.94. The Morgan fingerprint density at radius 3 is 2.41 bits per heavy atom. The fraction of sp³-hybridized carbons (Fsp3) is 0. The van der Waals surface area contributed by atoms with Gasteiger partial charge < -0.3 is 0 Å². The van der Waals surface area contributed by atoms with Crippen LogP contribution in [0.1, 0.15) is 15.2 Å². The van der Waals surface area contributed by atoms with E-state index in [1.807, 2.05) is 30.3 Å². The Hall–Kier alpha value is -0.800. The van der Waals surface area contributed by atoms with Gasteiger partial charge in [-0.05, 0) is 93.2 Å². The standard InChI is InChI=1S/C17H9FI2OS/c18-11-3-1-10(2-4-11)15-7-8-16(22-15)17(21)13-9-12(19)5-6-14(13)20/h1-9H. The maximum Gasteiger partial charge on any atom is 0.204 e. The van der Waals surface area contributed by atoms with E-state index in [0.29, 0.717) is 4.88 Å². The highest BCUT2D eigenvalue weighted by Crippen LogP contribution is 2.30. The quantitative estimate of drug-likeness (QED) is 0.298. The van der Waals surface area contributed by atoms with Gasteiger partial charge in [0.2, 0.25) is 5.78 Å². The van der Waals surface area contributed by atoms with Gasteiger partial charge in [-0.3, -0.25) is 4.79 Å². The van der Waals surface area contributed by atoms with Gasteiger partial charge in [-0.25, -0.2) is 4.39 Å². The maximum atomic E-state index is 13.0. The summed E-state index contributed by atoms with van der Waals surface area (Å²) in [6.07, 6.45) is 0. The summed E-state index contributed by atoms with van der Waals surface area (Å²) in [5.74, 6) is -0.230. The van der Waals surface area contributed by atoms with Gasteiger partial charge in [-0.2, -0.15) is 0 Å². The van der Waals surface area contributed by atoms with Crippen LogP contribution in [-0.2, 0) is 0 Å². The smallest absolute Gasteiger partial charge is 0.204 e. The first-order valence-corrected chi connectivity index (χ1v) is 9.37. The summed E-state index contributed by atoms with van der Waals surface area (Å²) in [7, 11) is 0. The zero-order valence-electron chi connectivity index (χ0n) is 11.1. The van der Waals surface area contributed by atoms with Crippen LogP contribution in [0.15, 0.2) is 54.6 Å². The minimum atomic E-state index is -0.259. The molecule has 0 fully saturated rings. The lowest BCUT2D eigenvalue weighted by atomic mass is 10.1. The molecular formula is C17H9FI2OS. The Morgan fingerprint density at radius 1 is 0.955 bits per heavy atom. The number of carbonyl (C=O) groups is 1. The third-order valence-corrected chi connectivity index (χ3v) is 5.88. The molecule has 0 radical (unpaired) electrons. The largest absolute Gasteiger partial charge is 0.288 e. The third kappa shape index (κ3) is 3.41. The monoisotopic (exact) mass is 534 g/mol. The maximum absolute atomic E-state index is 13.0. The molecule has 110 valence electrons. The number of ketones is 1. The second-order valence-corrected chi connectivity index (χ2v) is 8.12. The molecule has 0 aliphatic carbocycles. The number of benzene rings is 2. The van der Waals surface area contributed by atoms with Crippen LogP contribution in [0.25, 0.3) is 10.4 Å². The average molecular weight is 534 g/mol. The van der Waals surface area contributed by atoms with Gasteiger partial charge in [-0.15, -0.1) is 11.3 Å². The molecule has 1 nitrogen and oxygen atoms in total. The minimum absolute atomic E-state index is 0.0290. The van der Waals surface area contributed by atoms with Crippen molar-refractivity contribution < 1.29 is 9.18 Å². The van der Waals surface area contributed by atoms with Crippen molar-refractivity contribution in [1.29, 1.82) is 0 Å². The Bertz CT molecular complexity index is 840. The molecular weight excluding hydrogens is 525 g/mol. The fourth-order valence-corrected chi connectivity index (χ4v) is 4.07. The van der Waals surface area contributed by atoms with Gasteiger partial charge in [0.05, 0.1) is 4.88 Å². The van der Waals surface area contributed by atoms with Crippen LogP contribution in [-0.4, -0.2) is 5.78 Å². The van der Waals surface area contributed by atoms with Gasteiger partial charge >= 0.3 is 0 Å². The van der Waals surface area contributed by atoms with E-state index in [1.54, 1.807) is 12.1 Å². The molecule has 0 atom stereocenters. The summed E-state index contributed by atoms with van der Waals surface area (Å²) in [5.41, 5.74) is 1.64. The number of halogens is 3. The molecule has 2 aromatic carbocycles. The summed E-state index contributed by atoms with van der Waals surface area (Å²) in [5, 5.41) is 0. The molecule has 0 unspecified atom stereocenters. The van der Waals surface area contributed by atoms with Crippen LogP contribution < -0.4 is 0 Å². The molecule has 0 saturated carbocycles. The van der Waals surface area contributed by atoms with Crippen LogP contribution in [0.2, 0.25) is 0 Å². The van der Waals surface area contributed by atoms with E-state index in [0.717, 1.165) is 23.1 Å². The number of hydrogen-bond acceptors (Lipinski definition) is 2. The third-order valence-electron chi connectivity index (χ3n) is 3.13. The normalized spacial score (nSPS) is 10.7. The topological polar surface area (TPSA) is 17.1 Å². The van der Waals surface area contributed by atoms with E-state index in [2.05, 4.69) is 45.2 Å². The molecule has 5 heteroatoms. The lowest BCUT2D eigenvalue weighted by molar-refractivity contribution is 0.104. The first-order valence-electron chi connectivity index (χ1n) is 6.40. The van der Waals surface area contributed by atoms with Crippen LogP contribution in [0.3, 0.4) is 0 Å². The van der Waals surface area contributed by atoms with E-state index < -0.39 is 0 Å². The van der Waals surface area contributed by atoms with Gasteiger partial charge in [0.1, 0.15) is 5.82 Å². The minimum Gasteiger partial charge on any atom is -0.288 e. The van der Waals surface area contributed by atoms with Gasteiger partial charge in [0.25, 0.3) is 0 Å². The van der Waals surface area contributed by atoms with Crippen molar-refractivity contribution in [3.8, 4) is 10.4 Å². The molecule has 0 saturated heterocycles. The van der Waals surface area contributed by atoms with Crippen LogP contribution in [0.4, 0.5) is 4.39 Å². The van der Waals surface area contributed by atoms with Gasteiger partial charge in [0.15, 0.2) is 0 Å². The zero-order chi connectivity index (χ0) is 15.7. The van der Waals surface area contributed by atoms with Crippen molar-refractivity contribution in [2.24, 2.45) is 0 Å². The van der Waals surface area contributed by atoms with Crippen molar-refractivity contribution >= 4 is 62.3 Å². The summed E-state index contributed by atoms with van der Waals surface area (Å²) in [6.45, 7) is 0. The summed E-state index contributed by atoms with van der Waals surface area (Å²) < 4.78 is 15.0. The average Bonchev–Trinajstić information content (AvgIpc) is 2.99. The lowest BCUT2D eigenvalue weighted by Crippen LogP contribution is -2.01. The van der Waals surface area contributed by atoms with E-state index in [1.165, 1.54) is 23.5 Å². The molecule has 0 bridgehead atoms. The molecule has 22 heavy (non-hydrogen) atoms. The summed E-state index contributed by atoms with van der Waals surface area (Å²) in [4.78, 5) is 14.3. The van der Waals surface area contributed by atoms with Crippen LogP contribution in [0.5, 0.6) is 0 Å². The second-order valence-electron chi connectivity index (χ2n) is 4.62. The van der Waals surface area contributed by atoms with E-state index in [4.69, 9.17) is 0 Å². The molecule has 0 aliphatic heterocycles. The predicted octanol–water partition coefficient (Wildman–Crippen LogP) is 5.99. The first kappa shape index (κ1) is 16.1. The summed E-state index contributed by atoms with van der Waals surface area (Å²) in [6, 6.07) is 15.9. The Morgan fingerprint density at radius 2 is 1.68 bits per heavy atom. The van der Waals surface area contributed by atoms with Crippen LogP contribution in [0, 0.1) is 13.0 Å². The first-order chi connectivity index (χ1) is 10.5. The molecule has 3 aromatic rings. The lowest BCUT2D eigenvalue weighted by Gasteiger charge is -2.02. The molecule has 1 heterocycles. The second kappa shape index (κ2) is 6.76. The van der Waals surface area contributed by atoms with E-state index in [9.17, 15) is 9.18 Å². The Labute approximate surface area is 158 Å². The molecule has 1 aromatic heterocycles. The number of hydrogen-bond donors (Lipinski definition) is 0. The molecule has 0 spiro atoms. The van der Waals surface area contributed by atoms with Crippen molar-refractivity contribution in [2.75, 3.05) is 0 Å². The SMILES string of the molecule is O=C(c1ccc(-c2ccc(F)cc2)s1)c1cc(I)ccc1I. The van der Waals surface area contributed by atoms with Crippen molar-refractivity contribution in [2.45, 2.75) is 0 Å². The van der Waals surface area contributed by atoms with Crippen molar-refractivity contribution in [1.82, 2.24) is 0 Å². The van der Waals surface area contributed by atoms with E-state index >= 15 is 0 Å². The predicted molar refractivity (Wildman–Crippen MR) is 105 cm³/mol. The van der Waals surface area contributed by atoms with Crippen LogP contribution >= 0.6 is 56.5 Å². The Balaban J connectivity index is 1.95. The highest BCUT2D eigenvalue weighted by molar-refractivity contribution is 14.1.